The molecule has 4 nitrogen and oxygen atoms in total. The number of piperazine rings is 1. The Hall–Kier alpha value is -1.10. The molecule has 0 saturated carbocycles. The standard InChI is InChI=1S/C17H27N3O/c1-3-18-17-14-7-5-6-8-16(14)21-13-15(17)20-11-9-19(4-2)10-12-20/h5-8,15,17-18H,3-4,9-13H2,1-2H3. The number of benzene rings is 1. The molecule has 3 rings (SSSR count). The van der Waals surface area contributed by atoms with Gasteiger partial charge >= 0.3 is 0 Å². The summed E-state index contributed by atoms with van der Waals surface area (Å²) in [5.41, 5.74) is 1.31. The zero-order chi connectivity index (χ0) is 14.7. The number of hydrogen-bond acceptors (Lipinski definition) is 4. The summed E-state index contributed by atoms with van der Waals surface area (Å²) < 4.78 is 6.02. The van der Waals surface area contributed by atoms with Crippen molar-refractivity contribution in [3.63, 3.8) is 0 Å². The maximum absolute atomic E-state index is 6.02. The van der Waals surface area contributed by atoms with Gasteiger partial charge in [0.05, 0.1) is 12.1 Å². The quantitative estimate of drug-likeness (QED) is 0.914. The highest BCUT2D eigenvalue weighted by molar-refractivity contribution is 5.38. The van der Waals surface area contributed by atoms with Gasteiger partial charge in [-0.2, -0.15) is 0 Å². The van der Waals surface area contributed by atoms with Crippen LogP contribution in [0.1, 0.15) is 25.5 Å². The molecule has 0 spiro atoms. The third kappa shape index (κ3) is 3.07. The van der Waals surface area contributed by atoms with E-state index in [2.05, 4.69) is 53.2 Å². The molecule has 4 heteroatoms. The van der Waals surface area contributed by atoms with Gasteiger partial charge in [-0.1, -0.05) is 32.0 Å². The van der Waals surface area contributed by atoms with Crippen LogP contribution in [0.2, 0.25) is 0 Å². The summed E-state index contributed by atoms with van der Waals surface area (Å²) in [5, 5.41) is 3.68. The topological polar surface area (TPSA) is 27.7 Å². The van der Waals surface area contributed by atoms with Crippen molar-refractivity contribution in [2.45, 2.75) is 25.9 Å². The van der Waals surface area contributed by atoms with Crippen molar-refractivity contribution in [1.82, 2.24) is 15.1 Å². The van der Waals surface area contributed by atoms with E-state index < -0.39 is 0 Å². The first-order valence-electron chi connectivity index (χ1n) is 8.25. The molecule has 0 aliphatic carbocycles. The van der Waals surface area contributed by atoms with Gasteiger partial charge in [-0.3, -0.25) is 4.90 Å². The molecular formula is C17H27N3O. The first-order valence-corrected chi connectivity index (χ1v) is 8.25. The van der Waals surface area contributed by atoms with Crippen molar-refractivity contribution in [3.8, 4) is 5.75 Å². The summed E-state index contributed by atoms with van der Waals surface area (Å²) in [6.07, 6.45) is 0. The van der Waals surface area contributed by atoms with Crippen LogP contribution in [-0.4, -0.2) is 61.7 Å². The fourth-order valence-corrected chi connectivity index (χ4v) is 3.54. The van der Waals surface area contributed by atoms with E-state index in [0.29, 0.717) is 12.1 Å². The molecule has 1 N–H and O–H groups in total. The molecule has 1 aromatic carbocycles. The van der Waals surface area contributed by atoms with Crippen LogP contribution < -0.4 is 10.1 Å². The molecule has 1 aromatic rings. The Kier molecular flexibility index (Phi) is 4.78. The predicted molar refractivity (Wildman–Crippen MR) is 85.8 cm³/mol. The highest BCUT2D eigenvalue weighted by Gasteiger charge is 2.35. The molecule has 0 bridgehead atoms. The summed E-state index contributed by atoms with van der Waals surface area (Å²) in [4.78, 5) is 5.13. The van der Waals surface area contributed by atoms with E-state index in [1.54, 1.807) is 0 Å². The van der Waals surface area contributed by atoms with Crippen molar-refractivity contribution < 1.29 is 4.74 Å². The van der Waals surface area contributed by atoms with Gasteiger partial charge in [0.15, 0.2) is 0 Å². The first kappa shape index (κ1) is 14.8. The number of para-hydroxylation sites is 1. The molecule has 116 valence electrons. The highest BCUT2D eigenvalue weighted by Crippen LogP contribution is 2.34. The normalized spacial score (nSPS) is 27.1. The number of rotatable bonds is 4. The third-order valence-electron chi connectivity index (χ3n) is 4.80. The summed E-state index contributed by atoms with van der Waals surface area (Å²) in [5.74, 6) is 1.05. The summed E-state index contributed by atoms with van der Waals surface area (Å²) >= 11 is 0. The van der Waals surface area contributed by atoms with Crippen LogP contribution in [0.5, 0.6) is 5.75 Å². The molecule has 1 fully saturated rings. The Labute approximate surface area is 128 Å². The van der Waals surface area contributed by atoms with Gasteiger partial charge in [-0.15, -0.1) is 0 Å². The van der Waals surface area contributed by atoms with Crippen LogP contribution in [0.4, 0.5) is 0 Å². The van der Waals surface area contributed by atoms with Gasteiger partial charge in [0.2, 0.25) is 0 Å². The summed E-state index contributed by atoms with van der Waals surface area (Å²) in [7, 11) is 0. The third-order valence-corrected chi connectivity index (χ3v) is 4.80. The van der Waals surface area contributed by atoms with Crippen molar-refractivity contribution in [3.05, 3.63) is 29.8 Å². The molecule has 21 heavy (non-hydrogen) atoms. The molecule has 0 amide bonds. The van der Waals surface area contributed by atoms with Crippen LogP contribution in [-0.2, 0) is 0 Å². The smallest absolute Gasteiger partial charge is 0.124 e. The van der Waals surface area contributed by atoms with Crippen LogP contribution >= 0.6 is 0 Å². The second kappa shape index (κ2) is 6.77. The lowest BCUT2D eigenvalue weighted by Gasteiger charge is -2.44. The Morgan fingerprint density at radius 3 is 2.62 bits per heavy atom. The average Bonchev–Trinajstić information content (AvgIpc) is 2.55. The fraction of sp³-hybridized carbons (Fsp3) is 0.647. The monoisotopic (exact) mass is 289 g/mol. The molecule has 0 radical (unpaired) electrons. The Morgan fingerprint density at radius 2 is 1.90 bits per heavy atom. The van der Waals surface area contributed by atoms with Crippen LogP contribution in [0.25, 0.3) is 0 Å². The molecule has 2 heterocycles. The van der Waals surface area contributed by atoms with E-state index >= 15 is 0 Å². The second-order valence-electron chi connectivity index (χ2n) is 5.92. The molecule has 2 unspecified atom stereocenters. The van der Waals surface area contributed by atoms with Crippen molar-refractivity contribution in [2.75, 3.05) is 45.9 Å². The number of fused-ring (bicyclic) bond motifs is 1. The zero-order valence-electron chi connectivity index (χ0n) is 13.2. The minimum absolute atomic E-state index is 0.383. The first-order chi connectivity index (χ1) is 10.3. The van der Waals surface area contributed by atoms with Crippen LogP contribution in [0.15, 0.2) is 24.3 Å². The van der Waals surface area contributed by atoms with Gasteiger partial charge in [0.25, 0.3) is 0 Å². The summed E-state index contributed by atoms with van der Waals surface area (Å²) in [6.45, 7) is 12.0. The van der Waals surface area contributed by atoms with Gasteiger partial charge in [0.1, 0.15) is 12.4 Å². The van der Waals surface area contributed by atoms with Gasteiger partial charge in [-0.05, 0) is 19.2 Å². The van der Waals surface area contributed by atoms with Crippen molar-refractivity contribution in [1.29, 1.82) is 0 Å². The van der Waals surface area contributed by atoms with E-state index in [1.807, 2.05) is 0 Å². The number of nitrogens with one attached hydrogen (secondary N) is 1. The summed E-state index contributed by atoms with van der Waals surface area (Å²) in [6, 6.07) is 9.29. The van der Waals surface area contributed by atoms with Gasteiger partial charge in [-0.25, -0.2) is 0 Å². The number of likely N-dealkylation sites (N-methyl/N-ethyl adjacent to an activating group) is 2. The number of hydrogen-bond donors (Lipinski definition) is 1. The average molecular weight is 289 g/mol. The Morgan fingerprint density at radius 1 is 1.14 bits per heavy atom. The van der Waals surface area contributed by atoms with Crippen LogP contribution in [0.3, 0.4) is 0 Å². The van der Waals surface area contributed by atoms with Crippen molar-refractivity contribution >= 4 is 0 Å². The number of nitrogens with zero attached hydrogens (tertiary/aromatic N) is 2. The highest BCUT2D eigenvalue weighted by atomic mass is 16.5. The molecule has 2 atom stereocenters. The second-order valence-corrected chi connectivity index (χ2v) is 5.92. The van der Waals surface area contributed by atoms with E-state index in [9.17, 15) is 0 Å². The maximum Gasteiger partial charge on any atom is 0.124 e. The largest absolute Gasteiger partial charge is 0.492 e. The van der Waals surface area contributed by atoms with Crippen LogP contribution in [0, 0.1) is 0 Å². The molecule has 2 aliphatic rings. The zero-order valence-corrected chi connectivity index (χ0v) is 13.2. The molecule has 2 aliphatic heterocycles. The fourth-order valence-electron chi connectivity index (χ4n) is 3.54. The SMILES string of the molecule is CCNC1c2ccccc2OCC1N1CCN(CC)CC1. The Bertz CT molecular complexity index is 457. The molecule has 1 saturated heterocycles. The Balaban J connectivity index is 1.76. The predicted octanol–water partition coefficient (Wildman–Crippen LogP) is 1.74. The molecule has 0 aromatic heterocycles. The molecular weight excluding hydrogens is 262 g/mol. The lowest BCUT2D eigenvalue weighted by molar-refractivity contribution is 0.0438. The van der Waals surface area contributed by atoms with E-state index in [1.165, 1.54) is 18.7 Å². The van der Waals surface area contributed by atoms with E-state index in [4.69, 9.17) is 4.74 Å². The number of ether oxygens (including phenoxy) is 1. The van der Waals surface area contributed by atoms with Crippen molar-refractivity contribution in [2.24, 2.45) is 0 Å². The van der Waals surface area contributed by atoms with Gasteiger partial charge in [0, 0.05) is 31.7 Å². The maximum atomic E-state index is 6.02. The van der Waals surface area contributed by atoms with Gasteiger partial charge < -0.3 is 15.0 Å². The lowest BCUT2D eigenvalue weighted by atomic mass is 9.94. The minimum atomic E-state index is 0.383. The van der Waals surface area contributed by atoms with E-state index in [-0.39, 0.29) is 0 Å². The lowest BCUT2D eigenvalue weighted by Crippen LogP contribution is -2.56. The minimum Gasteiger partial charge on any atom is -0.492 e. The van der Waals surface area contributed by atoms with E-state index in [0.717, 1.165) is 38.5 Å².